The van der Waals surface area contributed by atoms with Crippen molar-refractivity contribution in [3.8, 4) is 0 Å². The fourth-order valence-electron chi connectivity index (χ4n) is 1.79. The van der Waals surface area contributed by atoms with Gasteiger partial charge in [0.1, 0.15) is 6.61 Å². The van der Waals surface area contributed by atoms with E-state index in [4.69, 9.17) is 9.47 Å². The summed E-state index contributed by atoms with van der Waals surface area (Å²) in [7, 11) is 0. The number of nitrogens with zero attached hydrogens (tertiary/aromatic N) is 1. The van der Waals surface area contributed by atoms with E-state index in [1.54, 1.807) is 12.1 Å². The lowest BCUT2D eigenvalue weighted by atomic mass is 10.2. The van der Waals surface area contributed by atoms with Crippen LogP contribution < -0.4 is 0 Å². The van der Waals surface area contributed by atoms with Crippen LogP contribution in [0.4, 0.5) is 0 Å². The van der Waals surface area contributed by atoms with E-state index >= 15 is 0 Å². The summed E-state index contributed by atoms with van der Waals surface area (Å²) in [6.45, 7) is 4.54. The standard InChI is InChI=1S/C13H16BrNO3/c14-12-3-1-2-11(10-12)13(16)18-9-6-15-4-7-17-8-5-15/h1-3,10H,4-9H2. The lowest BCUT2D eigenvalue weighted by molar-refractivity contribution is 0.0195. The number of morpholine rings is 1. The SMILES string of the molecule is O=C(OCCN1CCOCC1)c1cccc(Br)c1. The molecule has 0 bridgehead atoms. The zero-order valence-corrected chi connectivity index (χ0v) is 11.7. The van der Waals surface area contributed by atoms with Gasteiger partial charge >= 0.3 is 5.97 Å². The van der Waals surface area contributed by atoms with Crippen molar-refractivity contribution in [2.45, 2.75) is 0 Å². The number of hydrogen-bond donors (Lipinski definition) is 0. The molecule has 1 aliphatic heterocycles. The molecule has 1 aliphatic rings. The molecule has 1 aromatic carbocycles. The van der Waals surface area contributed by atoms with Crippen LogP contribution in [0.25, 0.3) is 0 Å². The van der Waals surface area contributed by atoms with Gasteiger partial charge in [0, 0.05) is 24.1 Å². The van der Waals surface area contributed by atoms with E-state index in [0.717, 1.165) is 37.3 Å². The van der Waals surface area contributed by atoms with E-state index in [1.165, 1.54) is 0 Å². The predicted octanol–water partition coefficient (Wildman–Crippen LogP) is 1.94. The van der Waals surface area contributed by atoms with E-state index in [2.05, 4.69) is 20.8 Å². The van der Waals surface area contributed by atoms with Crippen LogP contribution in [0.1, 0.15) is 10.4 Å². The van der Waals surface area contributed by atoms with E-state index in [0.29, 0.717) is 12.2 Å². The molecule has 0 radical (unpaired) electrons. The number of rotatable bonds is 4. The fourth-order valence-corrected chi connectivity index (χ4v) is 2.19. The second-order valence-electron chi connectivity index (χ2n) is 4.10. The summed E-state index contributed by atoms with van der Waals surface area (Å²) in [4.78, 5) is 14.0. The molecule has 0 spiro atoms. The van der Waals surface area contributed by atoms with Crippen molar-refractivity contribution < 1.29 is 14.3 Å². The molecule has 5 heteroatoms. The van der Waals surface area contributed by atoms with Gasteiger partial charge in [-0.15, -0.1) is 0 Å². The van der Waals surface area contributed by atoms with Gasteiger partial charge in [-0.2, -0.15) is 0 Å². The molecule has 0 saturated carbocycles. The van der Waals surface area contributed by atoms with Gasteiger partial charge in [0.15, 0.2) is 0 Å². The van der Waals surface area contributed by atoms with Gasteiger partial charge in [-0.05, 0) is 18.2 Å². The molecule has 0 N–H and O–H groups in total. The zero-order chi connectivity index (χ0) is 12.8. The van der Waals surface area contributed by atoms with Crippen LogP contribution >= 0.6 is 15.9 Å². The first-order chi connectivity index (χ1) is 8.75. The average molecular weight is 314 g/mol. The van der Waals surface area contributed by atoms with Crippen molar-refractivity contribution in [1.29, 1.82) is 0 Å². The maximum Gasteiger partial charge on any atom is 0.338 e. The van der Waals surface area contributed by atoms with Gasteiger partial charge in [0.25, 0.3) is 0 Å². The van der Waals surface area contributed by atoms with Crippen LogP contribution in [0.2, 0.25) is 0 Å². The lowest BCUT2D eigenvalue weighted by Crippen LogP contribution is -2.38. The highest BCUT2D eigenvalue weighted by molar-refractivity contribution is 9.10. The zero-order valence-electron chi connectivity index (χ0n) is 10.1. The van der Waals surface area contributed by atoms with Crippen molar-refractivity contribution >= 4 is 21.9 Å². The van der Waals surface area contributed by atoms with Crippen molar-refractivity contribution in [1.82, 2.24) is 4.90 Å². The number of esters is 1. The normalized spacial score (nSPS) is 16.5. The Labute approximate surface area is 115 Å². The molecular weight excluding hydrogens is 298 g/mol. The topological polar surface area (TPSA) is 38.8 Å². The lowest BCUT2D eigenvalue weighted by Gasteiger charge is -2.26. The average Bonchev–Trinajstić information content (AvgIpc) is 2.40. The molecule has 0 aliphatic carbocycles. The summed E-state index contributed by atoms with van der Waals surface area (Å²) in [6, 6.07) is 7.21. The third kappa shape index (κ3) is 4.08. The van der Waals surface area contributed by atoms with E-state index in [1.807, 2.05) is 12.1 Å². The van der Waals surface area contributed by atoms with Crippen LogP contribution in [0, 0.1) is 0 Å². The molecule has 0 amide bonds. The van der Waals surface area contributed by atoms with Crippen LogP contribution in [-0.2, 0) is 9.47 Å². The minimum absolute atomic E-state index is 0.274. The summed E-state index contributed by atoms with van der Waals surface area (Å²) in [5.74, 6) is -0.274. The number of benzene rings is 1. The molecule has 98 valence electrons. The Bertz CT molecular complexity index is 405. The Morgan fingerprint density at radius 2 is 2.17 bits per heavy atom. The number of carbonyl (C=O) groups excluding carboxylic acids is 1. The third-order valence-corrected chi connectivity index (χ3v) is 3.30. The molecule has 1 heterocycles. The summed E-state index contributed by atoms with van der Waals surface area (Å²) in [5, 5.41) is 0. The van der Waals surface area contributed by atoms with Gasteiger partial charge < -0.3 is 9.47 Å². The molecule has 18 heavy (non-hydrogen) atoms. The number of ether oxygens (including phenoxy) is 2. The Hall–Kier alpha value is -0.910. The molecule has 1 saturated heterocycles. The molecule has 4 nitrogen and oxygen atoms in total. The predicted molar refractivity (Wildman–Crippen MR) is 71.7 cm³/mol. The number of halogens is 1. The summed E-state index contributed by atoms with van der Waals surface area (Å²) < 4.78 is 11.4. The van der Waals surface area contributed by atoms with Gasteiger partial charge in [-0.1, -0.05) is 22.0 Å². The molecular formula is C13H16BrNO3. The maximum atomic E-state index is 11.8. The molecule has 0 atom stereocenters. The summed E-state index contributed by atoms with van der Waals surface area (Å²) in [5.41, 5.74) is 0.575. The van der Waals surface area contributed by atoms with Gasteiger partial charge in [-0.3, -0.25) is 4.90 Å². The third-order valence-electron chi connectivity index (χ3n) is 2.80. The second-order valence-corrected chi connectivity index (χ2v) is 5.02. The quantitative estimate of drug-likeness (QED) is 0.796. The van der Waals surface area contributed by atoms with Crippen molar-refractivity contribution in [3.63, 3.8) is 0 Å². The minimum atomic E-state index is -0.274. The molecule has 1 fully saturated rings. The highest BCUT2D eigenvalue weighted by Crippen LogP contribution is 2.12. The van der Waals surface area contributed by atoms with Crippen molar-refractivity contribution in [3.05, 3.63) is 34.3 Å². The number of carbonyl (C=O) groups is 1. The fraction of sp³-hybridized carbons (Fsp3) is 0.462. The molecule has 0 aromatic heterocycles. The van der Waals surface area contributed by atoms with Gasteiger partial charge in [-0.25, -0.2) is 4.79 Å². The summed E-state index contributed by atoms with van der Waals surface area (Å²) >= 11 is 3.33. The van der Waals surface area contributed by atoms with Gasteiger partial charge in [0.2, 0.25) is 0 Å². The first kappa shape index (κ1) is 13.5. The highest BCUT2D eigenvalue weighted by atomic mass is 79.9. The molecule has 2 rings (SSSR count). The molecule has 0 unspecified atom stereocenters. The van der Waals surface area contributed by atoms with Gasteiger partial charge in [0.05, 0.1) is 18.8 Å². The monoisotopic (exact) mass is 313 g/mol. The molecule has 1 aromatic rings. The van der Waals surface area contributed by atoms with E-state index in [9.17, 15) is 4.79 Å². The second kappa shape index (κ2) is 6.87. The van der Waals surface area contributed by atoms with E-state index < -0.39 is 0 Å². The van der Waals surface area contributed by atoms with Crippen molar-refractivity contribution in [2.75, 3.05) is 39.5 Å². The Morgan fingerprint density at radius 1 is 1.39 bits per heavy atom. The Balaban J connectivity index is 1.74. The van der Waals surface area contributed by atoms with Crippen molar-refractivity contribution in [2.24, 2.45) is 0 Å². The van der Waals surface area contributed by atoms with Crippen LogP contribution in [0.5, 0.6) is 0 Å². The van der Waals surface area contributed by atoms with Crippen LogP contribution in [0.3, 0.4) is 0 Å². The Morgan fingerprint density at radius 3 is 2.89 bits per heavy atom. The maximum absolute atomic E-state index is 11.8. The number of hydrogen-bond acceptors (Lipinski definition) is 4. The first-order valence-electron chi connectivity index (χ1n) is 5.98. The van der Waals surface area contributed by atoms with E-state index in [-0.39, 0.29) is 5.97 Å². The Kier molecular flexibility index (Phi) is 5.16. The largest absolute Gasteiger partial charge is 0.461 e. The minimum Gasteiger partial charge on any atom is -0.461 e. The smallest absolute Gasteiger partial charge is 0.338 e. The van der Waals surface area contributed by atoms with Crippen LogP contribution in [0.15, 0.2) is 28.7 Å². The van der Waals surface area contributed by atoms with Crippen LogP contribution in [-0.4, -0.2) is 50.3 Å². The highest BCUT2D eigenvalue weighted by Gasteiger charge is 2.12. The first-order valence-corrected chi connectivity index (χ1v) is 6.78. The summed E-state index contributed by atoms with van der Waals surface area (Å²) in [6.07, 6.45) is 0.